The highest BCUT2D eigenvalue weighted by molar-refractivity contribution is 6.31. The summed E-state index contributed by atoms with van der Waals surface area (Å²) in [6, 6.07) is 5.46. The zero-order valence-corrected chi connectivity index (χ0v) is 10.9. The van der Waals surface area contributed by atoms with Crippen LogP contribution in [0.2, 0.25) is 10.2 Å². The molecule has 0 aliphatic heterocycles. The van der Waals surface area contributed by atoms with Crippen molar-refractivity contribution >= 4 is 28.9 Å². The van der Waals surface area contributed by atoms with Crippen molar-refractivity contribution in [3.63, 3.8) is 0 Å². The highest BCUT2D eigenvalue weighted by Gasteiger charge is 2.17. The van der Waals surface area contributed by atoms with Crippen molar-refractivity contribution < 1.29 is 4.92 Å². The molecule has 0 aliphatic rings. The van der Waals surface area contributed by atoms with Gasteiger partial charge in [-0.1, -0.05) is 29.3 Å². The third-order valence-corrected chi connectivity index (χ3v) is 3.03. The number of nitrogens with zero attached hydrogens (tertiary/aromatic N) is 3. The van der Waals surface area contributed by atoms with Crippen LogP contribution < -0.4 is 5.56 Å². The number of nitro benzene ring substituents is 1. The SMILES string of the molecule is O=c1cc(Cl)ncn1Cc1c(Cl)cccc1[N+](=O)[O-]. The van der Waals surface area contributed by atoms with E-state index in [1.807, 2.05) is 0 Å². The topological polar surface area (TPSA) is 78.0 Å². The lowest BCUT2D eigenvalue weighted by atomic mass is 10.2. The number of rotatable bonds is 3. The largest absolute Gasteiger partial charge is 0.294 e. The molecule has 1 aromatic carbocycles. The number of aromatic nitrogens is 2. The summed E-state index contributed by atoms with van der Waals surface area (Å²) in [5, 5.41) is 11.2. The van der Waals surface area contributed by atoms with Gasteiger partial charge in [0, 0.05) is 12.1 Å². The molecule has 8 heteroatoms. The van der Waals surface area contributed by atoms with Gasteiger partial charge in [0.25, 0.3) is 11.2 Å². The van der Waals surface area contributed by atoms with Gasteiger partial charge >= 0.3 is 0 Å². The van der Waals surface area contributed by atoms with E-state index in [1.165, 1.54) is 29.1 Å². The molecule has 0 spiro atoms. The van der Waals surface area contributed by atoms with Crippen molar-refractivity contribution in [1.29, 1.82) is 0 Å². The lowest BCUT2D eigenvalue weighted by molar-refractivity contribution is -0.385. The van der Waals surface area contributed by atoms with Crippen molar-refractivity contribution in [1.82, 2.24) is 9.55 Å². The average Bonchev–Trinajstić information content (AvgIpc) is 2.34. The summed E-state index contributed by atoms with van der Waals surface area (Å²) in [5.74, 6) is 0. The van der Waals surface area contributed by atoms with Crippen LogP contribution in [0, 0.1) is 10.1 Å². The number of nitro groups is 1. The first-order valence-electron chi connectivity index (χ1n) is 5.13. The van der Waals surface area contributed by atoms with Crippen molar-refractivity contribution in [2.24, 2.45) is 0 Å². The predicted molar refractivity (Wildman–Crippen MR) is 70.7 cm³/mol. The van der Waals surface area contributed by atoms with E-state index in [-0.39, 0.29) is 28.0 Å². The quantitative estimate of drug-likeness (QED) is 0.495. The predicted octanol–water partition coefficient (Wildman–Crippen LogP) is 2.51. The van der Waals surface area contributed by atoms with Gasteiger partial charge in [-0.05, 0) is 6.07 Å². The van der Waals surface area contributed by atoms with E-state index >= 15 is 0 Å². The molecule has 0 saturated carbocycles. The molecule has 0 saturated heterocycles. The fourth-order valence-corrected chi connectivity index (χ4v) is 1.93. The highest BCUT2D eigenvalue weighted by atomic mass is 35.5. The second kappa shape index (κ2) is 5.38. The number of benzene rings is 1. The number of halogens is 2. The standard InChI is InChI=1S/C11H7Cl2N3O3/c12-8-2-1-3-9(16(18)19)7(8)5-15-6-14-10(13)4-11(15)17/h1-4,6H,5H2. The number of hydrogen-bond acceptors (Lipinski definition) is 4. The first kappa shape index (κ1) is 13.5. The fourth-order valence-electron chi connectivity index (χ4n) is 1.57. The summed E-state index contributed by atoms with van der Waals surface area (Å²) in [4.78, 5) is 25.8. The number of hydrogen-bond donors (Lipinski definition) is 0. The minimum absolute atomic E-state index is 0.0427. The molecule has 0 N–H and O–H groups in total. The molecule has 1 heterocycles. The summed E-state index contributed by atoms with van der Waals surface area (Å²) in [6.07, 6.45) is 1.22. The first-order chi connectivity index (χ1) is 8.99. The smallest absolute Gasteiger partial charge is 0.275 e. The molecule has 0 bridgehead atoms. The van der Waals surface area contributed by atoms with E-state index in [0.29, 0.717) is 0 Å². The van der Waals surface area contributed by atoms with Gasteiger partial charge in [0.05, 0.1) is 28.4 Å². The average molecular weight is 300 g/mol. The van der Waals surface area contributed by atoms with Gasteiger partial charge in [-0.2, -0.15) is 0 Å². The maximum Gasteiger partial charge on any atom is 0.275 e. The van der Waals surface area contributed by atoms with Crippen LogP contribution in [-0.2, 0) is 6.54 Å². The molecule has 6 nitrogen and oxygen atoms in total. The zero-order valence-electron chi connectivity index (χ0n) is 9.42. The molecule has 0 aliphatic carbocycles. The van der Waals surface area contributed by atoms with E-state index < -0.39 is 10.5 Å². The second-order valence-corrected chi connectivity index (χ2v) is 4.47. The molecule has 0 amide bonds. The van der Waals surface area contributed by atoms with Crippen LogP contribution in [0.3, 0.4) is 0 Å². The Morgan fingerprint density at radius 3 is 2.74 bits per heavy atom. The van der Waals surface area contributed by atoms with E-state index in [9.17, 15) is 14.9 Å². The van der Waals surface area contributed by atoms with E-state index in [1.54, 1.807) is 0 Å². The van der Waals surface area contributed by atoms with Crippen LogP contribution in [0.25, 0.3) is 0 Å². The van der Waals surface area contributed by atoms with Gasteiger partial charge in [-0.3, -0.25) is 19.5 Å². The van der Waals surface area contributed by atoms with Crippen molar-refractivity contribution in [3.8, 4) is 0 Å². The third kappa shape index (κ3) is 2.91. The molecule has 0 atom stereocenters. The Morgan fingerprint density at radius 1 is 1.37 bits per heavy atom. The molecule has 0 unspecified atom stereocenters. The van der Waals surface area contributed by atoms with Gasteiger partial charge in [-0.25, -0.2) is 4.98 Å². The molecule has 19 heavy (non-hydrogen) atoms. The molecule has 98 valence electrons. The summed E-state index contributed by atoms with van der Waals surface area (Å²) < 4.78 is 1.19. The van der Waals surface area contributed by atoms with Gasteiger partial charge in [-0.15, -0.1) is 0 Å². The fraction of sp³-hybridized carbons (Fsp3) is 0.0909. The van der Waals surface area contributed by atoms with E-state index in [0.717, 1.165) is 6.07 Å². The van der Waals surface area contributed by atoms with Crippen molar-refractivity contribution in [2.45, 2.75) is 6.54 Å². The Hall–Kier alpha value is -1.92. The van der Waals surface area contributed by atoms with Crippen molar-refractivity contribution in [2.75, 3.05) is 0 Å². The Kier molecular flexibility index (Phi) is 3.82. The van der Waals surface area contributed by atoms with Crippen LogP contribution in [-0.4, -0.2) is 14.5 Å². The molecule has 1 aromatic heterocycles. The van der Waals surface area contributed by atoms with Crippen LogP contribution in [0.5, 0.6) is 0 Å². The summed E-state index contributed by atoms with van der Waals surface area (Å²) in [7, 11) is 0. The molecule has 0 radical (unpaired) electrons. The molecular weight excluding hydrogens is 293 g/mol. The Balaban J connectivity index is 2.49. The molecule has 2 aromatic rings. The monoisotopic (exact) mass is 299 g/mol. The normalized spacial score (nSPS) is 10.4. The Labute approximate surface area is 117 Å². The van der Waals surface area contributed by atoms with Gasteiger partial charge in [0.2, 0.25) is 0 Å². The third-order valence-electron chi connectivity index (χ3n) is 2.47. The molecule has 0 fully saturated rings. The van der Waals surface area contributed by atoms with Crippen LogP contribution in [0.4, 0.5) is 5.69 Å². The maximum absolute atomic E-state index is 11.7. The second-order valence-electron chi connectivity index (χ2n) is 3.67. The Morgan fingerprint density at radius 2 is 2.11 bits per heavy atom. The van der Waals surface area contributed by atoms with Crippen molar-refractivity contribution in [3.05, 3.63) is 66.8 Å². The molecular formula is C11H7Cl2N3O3. The van der Waals surface area contributed by atoms with Gasteiger partial charge < -0.3 is 0 Å². The summed E-state index contributed by atoms with van der Waals surface area (Å²) >= 11 is 11.5. The molecule has 2 rings (SSSR count). The lowest BCUT2D eigenvalue weighted by Crippen LogP contribution is -2.20. The van der Waals surface area contributed by atoms with E-state index in [4.69, 9.17) is 23.2 Å². The Bertz CT molecular complexity index is 700. The van der Waals surface area contributed by atoms with Gasteiger partial charge in [0.15, 0.2) is 0 Å². The summed E-state index contributed by atoms with van der Waals surface area (Å²) in [5.41, 5.74) is -0.302. The summed E-state index contributed by atoms with van der Waals surface area (Å²) in [6.45, 7) is -0.0427. The maximum atomic E-state index is 11.7. The van der Waals surface area contributed by atoms with E-state index in [2.05, 4.69) is 4.98 Å². The lowest BCUT2D eigenvalue weighted by Gasteiger charge is -2.07. The minimum atomic E-state index is -0.546. The zero-order chi connectivity index (χ0) is 14.0. The highest BCUT2D eigenvalue weighted by Crippen LogP contribution is 2.26. The van der Waals surface area contributed by atoms with Gasteiger partial charge in [0.1, 0.15) is 5.15 Å². The minimum Gasteiger partial charge on any atom is -0.294 e. The van der Waals surface area contributed by atoms with Crippen LogP contribution in [0.15, 0.2) is 35.4 Å². The van der Waals surface area contributed by atoms with Crippen LogP contribution in [0.1, 0.15) is 5.56 Å². The van der Waals surface area contributed by atoms with Crippen LogP contribution >= 0.6 is 23.2 Å². The first-order valence-corrected chi connectivity index (χ1v) is 5.88.